The van der Waals surface area contributed by atoms with Crippen molar-refractivity contribution in [1.82, 2.24) is 9.78 Å². The summed E-state index contributed by atoms with van der Waals surface area (Å²) in [4.78, 5) is 24.5. The minimum Gasteiger partial charge on any atom is -0.497 e. The maximum atomic E-state index is 12.2. The van der Waals surface area contributed by atoms with Gasteiger partial charge < -0.3 is 10.1 Å². The Hall–Kier alpha value is -3.06. The third-order valence-corrected chi connectivity index (χ3v) is 5.20. The molecule has 0 aliphatic rings. The van der Waals surface area contributed by atoms with Crippen LogP contribution in [0, 0.1) is 0 Å². The number of hydrogen-bond donors (Lipinski definition) is 1. The number of ether oxygens (including phenoxy) is 1. The van der Waals surface area contributed by atoms with E-state index in [1.165, 1.54) is 28.1 Å². The van der Waals surface area contributed by atoms with Gasteiger partial charge in [0.1, 0.15) is 10.8 Å². The first kappa shape index (κ1) is 20.7. The van der Waals surface area contributed by atoms with Crippen LogP contribution in [-0.4, -0.2) is 28.6 Å². The lowest BCUT2D eigenvalue weighted by Crippen LogP contribution is -2.21. The third kappa shape index (κ3) is 5.48. The molecule has 6 nitrogen and oxygen atoms in total. The van der Waals surface area contributed by atoms with E-state index in [0.717, 1.165) is 0 Å². The molecule has 1 heterocycles. The van der Waals surface area contributed by atoms with Gasteiger partial charge in [-0.2, -0.15) is 9.78 Å². The Labute approximate surface area is 173 Å². The van der Waals surface area contributed by atoms with Crippen LogP contribution < -0.4 is 15.6 Å². The molecule has 0 unspecified atom stereocenters. The smallest absolute Gasteiger partial charge is 0.271 e. The second kappa shape index (κ2) is 9.43. The summed E-state index contributed by atoms with van der Waals surface area (Å²) in [5.74, 6) is 1.10. The number of nitrogens with one attached hydrogen (secondary N) is 1. The zero-order valence-electron chi connectivity index (χ0n) is 16.6. The van der Waals surface area contributed by atoms with Crippen molar-refractivity contribution in [3.05, 3.63) is 76.6 Å². The zero-order valence-corrected chi connectivity index (χ0v) is 17.4. The molecule has 0 saturated heterocycles. The van der Waals surface area contributed by atoms with Gasteiger partial charge in [0.25, 0.3) is 5.56 Å². The summed E-state index contributed by atoms with van der Waals surface area (Å²) in [5, 5.41) is 7.81. The van der Waals surface area contributed by atoms with E-state index in [1.807, 2.05) is 36.4 Å². The monoisotopic (exact) mass is 409 g/mol. The van der Waals surface area contributed by atoms with Crippen LogP contribution in [-0.2, 0) is 4.79 Å². The number of methoxy groups -OCH3 is 1. The lowest BCUT2D eigenvalue weighted by Gasteiger charge is -2.10. The summed E-state index contributed by atoms with van der Waals surface area (Å²) in [6.07, 6.45) is 0. The molecule has 0 radical (unpaired) electrons. The summed E-state index contributed by atoms with van der Waals surface area (Å²) < 4.78 is 6.51. The summed E-state index contributed by atoms with van der Waals surface area (Å²) >= 11 is 1.27. The Morgan fingerprint density at radius 3 is 2.59 bits per heavy atom. The normalized spacial score (nSPS) is 10.8. The highest BCUT2D eigenvalue weighted by molar-refractivity contribution is 7.99. The molecule has 7 heteroatoms. The van der Waals surface area contributed by atoms with Gasteiger partial charge in [-0.25, -0.2) is 0 Å². The molecule has 3 aromatic rings. The van der Waals surface area contributed by atoms with Crippen molar-refractivity contribution in [1.29, 1.82) is 0 Å². The van der Waals surface area contributed by atoms with Gasteiger partial charge in [-0.15, -0.1) is 0 Å². The van der Waals surface area contributed by atoms with Crippen molar-refractivity contribution < 1.29 is 9.53 Å². The van der Waals surface area contributed by atoms with Crippen molar-refractivity contribution in [2.75, 3.05) is 18.2 Å². The molecule has 1 aromatic heterocycles. The molecule has 150 valence electrons. The van der Waals surface area contributed by atoms with Crippen LogP contribution in [0.2, 0.25) is 0 Å². The minimum absolute atomic E-state index is 0.163. The molecular formula is C22H23N3O3S. The Bertz CT molecular complexity index is 1050. The molecule has 0 aliphatic carbocycles. The number of benzene rings is 2. The topological polar surface area (TPSA) is 73.2 Å². The highest BCUT2D eigenvalue weighted by atomic mass is 32.2. The molecule has 0 atom stereocenters. The number of rotatable bonds is 7. The number of carbonyl (C=O) groups is 1. The number of aromatic nitrogens is 2. The van der Waals surface area contributed by atoms with E-state index in [2.05, 4.69) is 24.3 Å². The van der Waals surface area contributed by atoms with E-state index < -0.39 is 0 Å². The Balaban J connectivity index is 1.68. The average molecular weight is 410 g/mol. The van der Waals surface area contributed by atoms with Crippen LogP contribution in [0.3, 0.4) is 0 Å². The fourth-order valence-corrected chi connectivity index (χ4v) is 3.35. The Morgan fingerprint density at radius 2 is 1.90 bits per heavy atom. The molecule has 3 rings (SSSR count). The first-order valence-electron chi connectivity index (χ1n) is 9.23. The number of nitrogens with zero attached hydrogens (tertiary/aromatic N) is 2. The summed E-state index contributed by atoms with van der Waals surface area (Å²) in [5.41, 5.74) is 2.34. The van der Waals surface area contributed by atoms with Gasteiger partial charge in [-0.1, -0.05) is 43.8 Å². The molecule has 1 amide bonds. The Morgan fingerprint density at radius 1 is 1.14 bits per heavy atom. The third-order valence-electron chi connectivity index (χ3n) is 4.28. The number of carbonyl (C=O) groups excluding carboxylic acids is 1. The van der Waals surface area contributed by atoms with Gasteiger partial charge in [0.05, 0.1) is 18.6 Å². The average Bonchev–Trinajstić information content (AvgIpc) is 2.73. The second-order valence-electron chi connectivity index (χ2n) is 6.74. The van der Waals surface area contributed by atoms with E-state index in [0.29, 0.717) is 28.1 Å². The molecule has 0 fully saturated rings. The van der Waals surface area contributed by atoms with E-state index in [4.69, 9.17) is 4.74 Å². The summed E-state index contributed by atoms with van der Waals surface area (Å²) in [6.45, 7) is 4.24. The predicted octanol–water partition coefficient (Wildman–Crippen LogP) is 4.10. The number of anilines is 1. The van der Waals surface area contributed by atoms with Gasteiger partial charge in [0.15, 0.2) is 0 Å². The van der Waals surface area contributed by atoms with Crippen LogP contribution in [0.1, 0.15) is 25.3 Å². The van der Waals surface area contributed by atoms with Crippen molar-refractivity contribution >= 4 is 23.4 Å². The lowest BCUT2D eigenvalue weighted by molar-refractivity contribution is -0.113. The van der Waals surface area contributed by atoms with Gasteiger partial charge in [0.2, 0.25) is 5.91 Å². The predicted molar refractivity (Wildman–Crippen MR) is 116 cm³/mol. The van der Waals surface area contributed by atoms with Gasteiger partial charge in [-0.05, 0) is 41.8 Å². The molecule has 0 bridgehead atoms. The van der Waals surface area contributed by atoms with Gasteiger partial charge in [0, 0.05) is 17.8 Å². The molecular weight excluding hydrogens is 386 g/mol. The highest BCUT2D eigenvalue weighted by Gasteiger charge is 2.09. The first-order chi connectivity index (χ1) is 14.0. The minimum atomic E-state index is -0.215. The fraction of sp³-hybridized carbons (Fsp3) is 0.227. The highest BCUT2D eigenvalue weighted by Crippen LogP contribution is 2.19. The quantitative estimate of drug-likeness (QED) is 0.595. The largest absolute Gasteiger partial charge is 0.497 e. The second-order valence-corrected chi connectivity index (χ2v) is 7.73. The van der Waals surface area contributed by atoms with E-state index in [-0.39, 0.29) is 17.2 Å². The fourth-order valence-electron chi connectivity index (χ4n) is 2.69. The number of hydrogen-bond acceptors (Lipinski definition) is 5. The van der Waals surface area contributed by atoms with Crippen molar-refractivity contribution in [2.24, 2.45) is 0 Å². The zero-order chi connectivity index (χ0) is 20.8. The van der Waals surface area contributed by atoms with E-state index in [1.54, 1.807) is 25.3 Å². The van der Waals surface area contributed by atoms with Crippen LogP contribution in [0.4, 0.5) is 5.69 Å². The van der Waals surface area contributed by atoms with Crippen LogP contribution in [0.25, 0.3) is 5.69 Å². The van der Waals surface area contributed by atoms with Crippen LogP contribution >= 0.6 is 11.8 Å². The maximum Gasteiger partial charge on any atom is 0.271 e. The SMILES string of the molecule is COc1cccc(NC(=O)CSc2ccc(=O)n(-c3ccc(C(C)C)cc3)n2)c1. The van der Waals surface area contributed by atoms with Crippen LogP contribution in [0.15, 0.2) is 70.5 Å². The summed E-state index contributed by atoms with van der Waals surface area (Å²) in [7, 11) is 1.58. The molecule has 29 heavy (non-hydrogen) atoms. The lowest BCUT2D eigenvalue weighted by atomic mass is 10.0. The van der Waals surface area contributed by atoms with E-state index in [9.17, 15) is 9.59 Å². The van der Waals surface area contributed by atoms with Crippen LogP contribution in [0.5, 0.6) is 5.75 Å². The van der Waals surface area contributed by atoms with Crippen molar-refractivity contribution in [2.45, 2.75) is 24.8 Å². The molecule has 2 aromatic carbocycles. The molecule has 0 saturated carbocycles. The van der Waals surface area contributed by atoms with Gasteiger partial charge >= 0.3 is 0 Å². The standard InChI is InChI=1S/C22H23N3O3S/c1-15(2)16-7-9-18(10-8-16)25-22(27)12-11-21(24-25)29-14-20(26)23-17-5-4-6-19(13-17)28-3/h4-13,15H,14H2,1-3H3,(H,23,26). The van der Waals surface area contributed by atoms with E-state index >= 15 is 0 Å². The number of thioether (sulfide) groups is 1. The summed E-state index contributed by atoms with van der Waals surface area (Å²) in [6, 6.07) is 18.0. The molecule has 0 aliphatic heterocycles. The maximum absolute atomic E-state index is 12.2. The molecule has 0 spiro atoms. The Kier molecular flexibility index (Phi) is 6.72. The molecule has 1 N–H and O–H groups in total. The van der Waals surface area contributed by atoms with Crippen molar-refractivity contribution in [3.8, 4) is 11.4 Å². The van der Waals surface area contributed by atoms with Gasteiger partial charge in [-0.3, -0.25) is 9.59 Å². The first-order valence-corrected chi connectivity index (χ1v) is 10.2. The number of amides is 1. The van der Waals surface area contributed by atoms with Crippen molar-refractivity contribution in [3.63, 3.8) is 0 Å².